The average molecular weight is 405 g/mol. The number of aryl methyl sites for hydroxylation is 1. The van der Waals surface area contributed by atoms with E-state index in [1.165, 1.54) is 0 Å². The highest BCUT2D eigenvalue weighted by atomic mass is 16.5. The van der Waals surface area contributed by atoms with Gasteiger partial charge in [-0.05, 0) is 32.1 Å². The van der Waals surface area contributed by atoms with Gasteiger partial charge >= 0.3 is 5.97 Å². The number of morpholine rings is 1. The second-order valence-electron chi connectivity index (χ2n) is 8.27. The molecule has 3 aliphatic rings. The highest BCUT2D eigenvalue weighted by Crippen LogP contribution is 2.22. The summed E-state index contributed by atoms with van der Waals surface area (Å²) in [5.41, 5.74) is 0. The van der Waals surface area contributed by atoms with Crippen molar-refractivity contribution in [3.05, 3.63) is 18.2 Å². The Hall–Kier alpha value is -1.93. The van der Waals surface area contributed by atoms with Gasteiger partial charge in [-0.2, -0.15) is 0 Å². The maximum Gasteiger partial charge on any atom is 0.326 e. The summed E-state index contributed by atoms with van der Waals surface area (Å²) in [6.45, 7) is 5.46. The van der Waals surface area contributed by atoms with E-state index in [-0.39, 0.29) is 24.5 Å². The first kappa shape index (κ1) is 20.3. The van der Waals surface area contributed by atoms with Crippen LogP contribution in [0.5, 0.6) is 0 Å². The van der Waals surface area contributed by atoms with Gasteiger partial charge in [0.15, 0.2) is 0 Å². The Labute approximate surface area is 172 Å². The molecule has 8 heteroatoms. The van der Waals surface area contributed by atoms with E-state index in [4.69, 9.17) is 9.47 Å². The topological polar surface area (TPSA) is 76.9 Å². The summed E-state index contributed by atoms with van der Waals surface area (Å²) in [6.07, 6.45) is 9.69. The number of esters is 1. The molecule has 29 heavy (non-hydrogen) atoms. The number of amides is 1. The van der Waals surface area contributed by atoms with Gasteiger partial charge in [-0.1, -0.05) is 0 Å². The van der Waals surface area contributed by atoms with Crippen molar-refractivity contribution in [2.24, 2.45) is 0 Å². The molecule has 4 rings (SSSR count). The highest BCUT2D eigenvalue weighted by Gasteiger charge is 2.28. The van der Waals surface area contributed by atoms with Crippen LogP contribution < -0.4 is 0 Å². The molecule has 3 fully saturated rings. The molecule has 1 aromatic rings. The SMILES string of the molecule is O=C(Cn1ccnc1CCC(=O)N1CCC(N2CCOCC2)CC1)OC1CCC1. The highest BCUT2D eigenvalue weighted by molar-refractivity contribution is 5.76. The normalized spacial score (nSPS) is 21.7. The molecular weight excluding hydrogens is 372 g/mol. The molecule has 8 nitrogen and oxygen atoms in total. The molecule has 3 heterocycles. The summed E-state index contributed by atoms with van der Waals surface area (Å²) in [4.78, 5) is 33.5. The number of rotatable bonds is 7. The standard InChI is InChI=1S/C21H32N4O4/c26-20(24-9-6-17(7-10-24)23-12-14-28-15-13-23)5-4-19-22-8-11-25(19)16-21(27)29-18-2-1-3-18/h8,11,17-18H,1-7,9-10,12-16H2. The van der Waals surface area contributed by atoms with Crippen LogP contribution in [0.1, 0.15) is 44.3 Å². The predicted molar refractivity (Wildman–Crippen MR) is 106 cm³/mol. The molecule has 2 aliphatic heterocycles. The van der Waals surface area contributed by atoms with Gasteiger partial charge in [0, 0.05) is 57.5 Å². The maximum absolute atomic E-state index is 12.7. The fraction of sp³-hybridized carbons (Fsp3) is 0.762. The Morgan fingerprint density at radius 1 is 1.10 bits per heavy atom. The number of likely N-dealkylation sites (tertiary alicyclic amines) is 1. The van der Waals surface area contributed by atoms with E-state index in [0.717, 1.165) is 77.3 Å². The lowest BCUT2D eigenvalue weighted by molar-refractivity contribution is -0.153. The van der Waals surface area contributed by atoms with Crippen molar-refractivity contribution >= 4 is 11.9 Å². The van der Waals surface area contributed by atoms with Crippen LogP contribution in [0.25, 0.3) is 0 Å². The first-order valence-electron chi connectivity index (χ1n) is 11.0. The molecule has 1 saturated carbocycles. The number of carbonyl (C=O) groups is 2. The number of hydrogen-bond donors (Lipinski definition) is 0. The Morgan fingerprint density at radius 3 is 2.55 bits per heavy atom. The summed E-state index contributed by atoms with van der Waals surface area (Å²) >= 11 is 0. The first-order chi connectivity index (χ1) is 14.2. The van der Waals surface area contributed by atoms with Crippen molar-refractivity contribution in [1.82, 2.24) is 19.4 Å². The third-order valence-electron chi connectivity index (χ3n) is 6.39. The summed E-state index contributed by atoms with van der Waals surface area (Å²) in [5, 5.41) is 0. The van der Waals surface area contributed by atoms with Crippen molar-refractivity contribution in [3.8, 4) is 0 Å². The number of nitrogens with zero attached hydrogens (tertiary/aromatic N) is 4. The number of imidazole rings is 1. The molecule has 0 atom stereocenters. The van der Waals surface area contributed by atoms with Crippen LogP contribution in [0.3, 0.4) is 0 Å². The zero-order chi connectivity index (χ0) is 20.1. The second-order valence-corrected chi connectivity index (χ2v) is 8.27. The van der Waals surface area contributed by atoms with Crippen LogP contribution in [0, 0.1) is 0 Å². The molecule has 1 aromatic heterocycles. The number of aromatic nitrogens is 2. The van der Waals surface area contributed by atoms with E-state index in [0.29, 0.717) is 18.9 Å². The second kappa shape index (κ2) is 9.71. The van der Waals surface area contributed by atoms with E-state index in [1.807, 2.05) is 4.90 Å². The molecule has 0 N–H and O–H groups in total. The van der Waals surface area contributed by atoms with Crippen molar-refractivity contribution in [1.29, 1.82) is 0 Å². The minimum absolute atomic E-state index is 0.0939. The smallest absolute Gasteiger partial charge is 0.326 e. The molecule has 0 aromatic carbocycles. The van der Waals surface area contributed by atoms with Crippen LogP contribution in [0.15, 0.2) is 12.4 Å². The molecule has 2 saturated heterocycles. The molecule has 0 unspecified atom stereocenters. The van der Waals surface area contributed by atoms with Gasteiger partial charge in [0.1, 0.15) is 18.5 Å². The van der Waals surface area contributed by atoms with Gasteiger partial charge in [-0.3, -0.25) is 14.5 Å². The first-order valence-corrected chi connectivity index (χ1v) is 11.0. The van der Waals surface area contributed by atoms with Crippen molar-refractivity contribution in [2.75, 3.05) is 39.4 Å². The summed E-state index contributed by atoms with van der Waals surface area (Å²) in [7, 11) is 0. The van der Waals surface area contributed by atoms with E-state index >= 15 is 0 Å². The Balaban J connectivity index is 1.20. The van der Waals surface area contributed by atoms with Crippen LogP contribution in [-0.2, 0) is 32.0 Å². The summed E-state index contributed by atoms with van der Waals surface area (Å²) in [5.74, 6) is 0.731. The van der Waals surface area contributed by atoms with E-state index in [1.54, 1.807) is 17.0 Å². The molecule has 1 aliphatic carbocycles. The molecule has 0 spiro atoms. The van der Waals surface area contributed by atoms with Crippen molar-refractivity contribution in [2.45, 2.75) is 63.6 Å². The molecular formula is C21H32N4O4. The lowest BCUT2D eigenvalue weighted by atomic mass is 9.96. The Bertz CT molecular complexity index is 689. The molecule has 0 radical (unpaired) electrons. The molecule has 1 amide bonds. The van der Waals surface area contributed by atoms with E-state index in [9.17, 15) is 9.59 Å². The zero-order valence-corrected chi connectivity index (χ0v) is 17.1. The lowest BCUT2D eigenvalue weighted by Gasteiger charge is -2.40. The van der Waals surface area contributed by atoms with Crippen LogP contribution >= 0.6 is 0 Å². The van der Waals surface area contributed by atoms with Gasteiger partial charge in [0.2, 0.25) is 5.91 Å². The third kappa shape index (κ3) is 5.36. The summed E-state index contributed by atoms with van der Waals surface area (Å²) in [6, 6.07) is 0.573. The van der Waals surface area contributed by atoms with Crippen molar-refractivity contribution < 1.29 is 19.1 Å². The maximum atomic E-state index is 12.7. The van der Waals surface area contributed by atoms with Gasteiger partial charge in [0.05, 0.1) is 13.2 Å². The van der Waals surface area contributed by atoms with Gasteiger partial charge in [-0.25, -0.2) is 4.98 Å². The van der Waals surface area contributed by atoms with E-state index in [2.05, 4.69) is 9.88 Å². The number of carbonyl (C=O) groups excluding carboxylic acids is 2. The van der Waals surface area contributed by atoms with Gasteiger partial charge < -0.3 is 18.9 Å². The number of ether oxygens (including phenoxy) is 2. The predicted octanol–water partition coefficient (Wildman–Crippen LogP) is 1.23. The minimum atomic E-state index is -0.217. The number of piperidine rings is 1. The number of hydrogen-bond acceptors (Lipinski definition) is 6. The van der Waals surface area contributed by atoms with Gasteiger partial charge in [0.25, 0.3) is 0 Å². The van der Waals surface area contributed by atoms with Crippen molar-refractivity contribution in [3.63, 3.8) is 0 Å². The molecule has 0 bridgehead atoms. The third-order valence-corrected chi connectivity index (χ3v) is 6.39. The fourth-order valence-electron chi connectivity index (χ4n) is 4.36. The Morgan fingerprint density at radius 2 is 1.86 bits per heavy atom. The van der Waals surface area contributed by atoms with Crippen LogP contribution in [0.2, 0.25) is 0 Å². The largest absolute Gasteiger partial charge is 0.461 e. The Kier molecular flexibility index (Phi) is 6.82. The van der Waals surface area contributed by atoms with Gasteiger partial charge in [-0.15, -0.1) is 0 Å². The fourth-order valence-corrected chi connectivity index (χ4v) is 4.36. The monoisotopic (exact) mass is 404 g/mol. The minimum Gasteiger partial charge on any atom is -0.461 e. The average Bonchev–Trinajstić information content (AvgIpc) is 3.16. The van der Waals surface area contributed by atoms with E-state index < -0.39 is 0 Å². The lowest BCUT2D eigenvalue weighted by Crippen LogP contribution is -2.50. The quantitative estimate of drug-likeness (QED) is 0.637. The zero-order valence-electron chi connectivity index (χ0n) is 17.1. The molecule has 160 valence electrons. The van der Waals surface area contributed by atoms with Crippen LogP contribution in [0.4, 0.5) is 0 Å². The van der Waals surface area contributed by atoms with Crippen LogP contribution in [-0.4, -0.2) is 82.8 Å². The summed E-state index contributed by atoms with van der Waals surface area (Å²) < 4.78 is 12.7.